The number of nitrogens with one attached hydrogen (secondary N) is 1. The molecule has 1 amide bonds. The van der Waals surface area contributed by atoms with Gasteiger partial charge in [-0.1, -0.05) is 49.4 Å². The Morgan fingerprint density at radius 2 is 1.84 bits per heavy atom. The molecule has 3 nitrogen and oxygen atoms in total. The quantitative estimate of drug-likeness (QED) is 0.836. The second kappa shape index (κ2) is 6.40. The molecule has 1 saturated carbocycles. The molecule has 4 heteroatoms. The molecule has 2 rings (SSSR count). The third-order valence-corrected chi connectivity index (χ3v) is 4.06. The average molecular weight is 282 g/mol. The number of aliphatic hydroxyl groups is 1. The van der Waals surface area contributed by atoms with Gasteiger partial charge in [0.05, 0.1) is 16.2 Å². The Bertz CT molecular complexity index is 440. The largest absolute Gasteiger partial charge is 0.388 e. The smallest absolute Gasteiger partial charge is 0.252 e. The second-order valence-electron chi connectivity index (χ2n) is 5.30. The van der Waals surface area contributed by atoms with Crippen molar-refractivity contribution in [3.05, 3.63) is 34.9 Å². The maximum Gasteiger partial charge on any atom is 0.252 e. The summed E-state index contributed by atoms with van der Waals surface area (Å²) < 4.78 is 0. The zero-order valence-corrected chi connectivity index (χ0v) is 11.7. The lowest BCUT2D eigenvalue weighted by Gasteiger charge is -2.26. The summed E-state index contributed by atoms with van der Waals surface area (Å²) >= 11 is 5.98. The number of halogens is 1. The molecule has 0 radical (unpaired) electrons. The standard InChI is InChI=1S/C15H20ClNO2/c16-13-8-4-3-7-12(13)14(18)17-11-15(19)9-5-1-2-6-10-15/h3-4,7-8,19H,1-2,5-6,9-11H2,(H,17,18). The van der Waals surface area contributed by atoms with Gasteiger partial charge in [-0.05, 0) is 25.0 Å². The summed E-state index contributed by atoms with van der Waals surface area (Å²) in [5, 5.41) is 13.7. The maximum atomic E-state index is 12.0. The van der Waals surface area contributed by atoms with Crippen LogP contribution in [0.3, 0.4) is 0 Å². The number of benzene rings is 1. The Labute approximate surface area is 119 Å². The van der Waals surface area contributed by atoms with Crippen molar-refractivity contribution >= 4 is 17.5 Å². The normalized spacial score (nSPS) is 18.6. The SMILES string of the molecule is O=C(NCC1(O)CCCCCC1)c1ccccc1Cl. The number of rotatable bonds is 3. The van der Waals surface area contributed by atoms with Crippen molar-refractivity contribution in [1.29, 1.82) is 0 Å². The average Bonchev–Trinajstić information content (AvgIpc) is 2.62. The van der Waals surface area contributed by atoms with Crippen LogP contribution in [-0.2, 0) is 0 Å². The van der Waals surface area contributed by atoms with Gasteiger partial charge >= 0.3 is 0 Å². The summed E-state index contributed by atoms with van der Waals surface area (Å²) in [4.78, 5) is 12.0. The maximum absolute atomic E-state index is 12.0. The van der Waals surface area contributed by atoms with E-state index in [0.717, 1.165) is 25.7 Å². The van der Waals surface area contributed by atoms with Crippen molar-refractivity contribution in [1.82, 2.24) is 5.32 Å². The third-order valence-electron chi connectivity index (χ3n) is 3.73. The molecular weight excluding hydrogens is 262 g/mol. The van der Waals surface area contributed by atoms with Crippen LogP contribution in [0.15, 0.2) is 24.3 Å². The summed E-state index contributed by atoms with van der Waals surface area (Å²) in [7, 11) is 0. The molecule has 0 heterocycles. The van der Waals surface area contributed by atoms with Crippen molar-refractivity contribution < 1.29 is 9.90 Å². The van der Waals surface area contributed by atoms with Crippen molar-refractivity contribution in [3.8, 4) is 0 Å². The number of hydrogen-bond acceptors (Lipinski definition) is 2. The Hall–Kier alpha value is -1.06. The third kappa shape index (κ3) is 3.95. The van der Waals surface area contributed by atoms with Crippen LogP contribution in [0.2, 0.25) is 5.02 Å². The summed E-state index contributed by atoms with van der Waals surface area (Å²) in [5.74, 6) is -0.219. The molecule has 1 fully saturated rings. The molecule has 1 aromatic rings. The van der Waals surface area contributed by atoms with Crippen LogP contribution in [0.5, 0.6) is 0 Å². The Kier molecular flexibility index (Phi) is 4.83. The van der Waals surface area contributed by atoms with E-state index in [1.54, 1.807) is 24.3 Å². The second-order valence-corrected chi connectivity index (χ2v) is 5.71. The van der Waals surface area contributed by atoms with Crippen LogP contribution in [0.25, 0.3) is 0 Å². The van der Waals surface area contributed by atoms with Gasteiger partial charge in [0.15, 0.2) is 0 Å². The zero-order valence-electron chi connectivity index (χ0n) is 11.0. The highest BCUT2D eigenvalue weighted by Crippen LogP contribution is 2.26. The summed E-state index contributed by atoms with van der Waals surface area (Å²) in [6.07, 6.45) is 5.91. The Balaban J connectivity index is 1.94. The Morgan fingerprint density at radius 3 is 2.47 bits per heavy atom. The van der Waals surface area contributed by atoms with Gasteiger partial charge in [-0.2, -0.15) is 0 Å². The molecule has 0 bridgehead atoms. The monoisotopic (exact) mass is 281 g/mol. The highest BCUT2D eigenvalue weighted by molar-refractivity contribution is 6.33. The van der Waals surface area contributed by atoms with Gasteiger partial charge in [-0.3, -0.25) is 4.79 Å². The lowest BCUT2D eigenvalue weighted by molar-refractivity contribution is 0.0246. The highest BCUT2D eigenvalue weighted by Gasteiger charge is 2.28. The zero-order chi connectivity index (χ0) is 13.7. The van der Waals surface area contributed by atoms with E-state index in [0.29, 0.717) is 17.1 Å². The molecule has 0 aliphatic heterocycles. The van der Waals surface area contributed by atoms with E-state index in [9.17, 15) is 9.90 Å². The number of carbonyl (C=O) groups is 1. The van der Waals surface area contributed by atoms with Gasteiger partial charge in [0.25, 0.3) is 5.91 Å². The number of amides is 1. The van der Waals surface area contributed by atoms with Crippen LogP contribution in [-0.4, -0.2) is 23.2 Å². The minimum Gasteiger partial charge on any atom is -0.388 e. The molecule has 0 atom stereocenters. The predicted molar refractivity (Wildman–Crippen MR) is 76.4 cm³/mol. The van der Waals surface area contributed by atoms with Gasteiger partial charge in [-0.15, -0.1) is 0 Å². The first-order valence-corrected chi connectivity index (χ1v) is 7.24. The van der Waals surface area contributed by atoms with Crippen LogP contribution in [0.4, 0.5) is 0 Å². The van der Waals surface area contributed by atoms with E-state index in [-0.39, 0.29) is 5.91 Å². The van der Waals surface area contributed by atoms with E-state index < -0.39 is 5.60 Å². The lowest BCUT2D eigenvalue weighted by atomic mass is 9.94. The first-order valence-electron chi connectivity index (χ1n) is 6.86. The number of hydrogen-bond donors (Lipinski definition) is 2. The van der Waals surface area contributed by atoms with Crippen molar-refractivity contribution in [2.24, 2.45) is 0 Å². The minimum atomic E-state index is -0.757. The first kappa shape index (κ1) is 14.4. The minimum absolute atomic E-state index is 0.219. The predicted octanol–water partition coefficient (Wildman–Crippen LogP) is 3.16. The van der Waals surface area contributed by atoms with E-state index in [4.69, 9.17) is 11.6 Å². The lowest BCUT2D eigenvalue weighted by Crippen LogP contribution is -2.42. The van der Waals surface area contributed by atoms with E-state index in [2.05, 4.69) is 5.32 Å². The molecule has 0 aromatic heterocycles. The van der Waals surface area contributed by atoms with Crippen molar-refractivity contribution in [2.75, 3.05) is 6.54 Å². The first-order chi connectivity index (χ1) is 9.11. The van der Waals surface area contributed by atoms with E-state index >= 15 is 0 Å². The summed E-state index contributed by atoms with van der Waals surface area (Å²) in [6.45, 7) is 0.303. The fraction of sp³-hybridized carbons (Fsp3) is 0.533. The van der Waals surface area contributed by atoms with Gasteiger partial charge in [-0.25, -0.2) is 0 Å². The molecule has 1 aromatic carbocycles. The van der Waals surface area contributed by atoms with Crippen LogP contribution >= 0.6 is 11.6 Å². The van der Waals surface area contributed by atoms with E-state index in [1.165, 1.54) is 12.8 Å². The molecule has 2 N–H and O–H groups in total. The molecule has 0 spiro atoms. The van der Waals surface area contributed by atoms with Gasteiger partial charge < -0.3 is 10.4 Å². The fourth-order valence-corrected chi connectivity index (χ4v) is 2.77. The molecule has 0 saturated heterocycles. The van der Waals surface area contributed by atoms with Gasteiger partial charge in [0, 0.05) is 6.54 Å². The molecule has 19 heavy (non-hydrogen) atoms. The van der Waals surface area contributed by atoms with Gasteiger partial charge in [0.2, 0.25) is 0 Å². The molecule has 104 valence electrons. The van der Waals surface area contributed by atoms with Crippen LogP contribution in [0.1, 0.15) is 48.9 Å². The topological polar surface area (TPSA) is 49.3 Å². The van der Waals surface area contributed by atoms with Crippen LogP contribution < -0.4 is 5.32 Å². The van der Waals surface area contributed by atoms with E-state index in [1.807, 2.05) is 0 Å². The fourth-order valence-electron chi connectivity index (χ4n) is 2.55. The molecule has 0 unspecified atom stereocenters. The molecular formula is C15H20ClNO2. The summed E-state index contributed by atoms with van der Waals surface area (Å²) in [6, 6.07) is 6.95. The van der Waals surface area contributed by atoms with Crippen molar-refractivity contribution in [3.63, 3.8) is 0 Å². The number of carbonyl (C=O) groups excluding carboxylic acids is 1. The summed E-state index contributed by atoms with van der Waals surface area (Å²) in [5.41, 5.74) is -0.297. The highest BCUT2D eigenvalue weighted by atomic mass is 35.5. The molecule has 1 aliphatic rings. The van der Waals surface area contributed by atoms with Crippen molar-refractivity contribution in [2.45, 2.75) is 44.1 Å². The van der Waals surface area contributed by atoms with Gasteiger partial charge in [0.1, 0.15) is 0 Å². The Morgan fingerprint density at radius 1 is 1.21 bits per heavy atom. The van der Waals surface area contributed by atoms with Crippen LogP contribution in [0, 0.1) is 0 Å². The molecule has 1 aliphatic carbocycles.